The maximum atomic E-state index is 5.86. The van der Waals surface area contributed by atoms with Crippen LogP contribution in [0.15, 0.2) is 42.7 Å². The van der Waals surface area contributed by atoms with E-state index in [1.807, 2.05) is 6.20 Å². The van der Waals surface area contributed by atoms with E-state index in [4.69, 9.17) is 4.74 Å². The van der Waals surface area contributed by atoms with E-state index < -0.39 is 0 Å². The van der Waals surface area contributed by atoms with E-state index in [-0.39, 0.29) is 0 Å². The first-order chi connectivity index (χ1) is 11.3. The highest BCUT2D eigenvalue weighted by Crippen LogP contribution is 2.24. The quantitative estimate of drug-likeness (QED) is 0.741. The molecule has 3 heteroatoms. The number of nitrogens with one attached hydrogen (secondary N) is 1. The van der Waals surface area contributed by atoms with E-state index in [9.17, 15) is 0 Å². The Morgan fingerprint density at radius 3 is 2.87 bits per heavy atom. The number of hydrogen-bond acceptors (Lipinski definition) is 3. The van der Waals surface area contributed by atoms with Crippen molar-refractivity contribution in [3.63, 3.8) is 0 Å². The molecule has 1 N–H and O–H groups in total. The van der Waals surface area contributed by atoms with Crippen molar-refractivity contribution in [1.82, 2.24) is 10.3 Å². The first kappa shape index (κ1) is 16.0. The van der Waals surface area contributed by atoms with Gasteiger partial charge in [0.1, 0.15) is 12.4 Å². The van der Waals surface area contributed by atoms with Gasteiger partial charge in [-0.3, -0.25) is 4.98 Å². The summed E-state index contributed by atoms with van der Waals surface area (Å²) in [6.45, 7) is 4.08. The topological polar surface area (TPSA) is 34.1 Å². The summed E-state index contributed by atoms with van der Waals surface area (Å²) in [5.41, 5.74) is 3.75. The first-order valence-electron chi connectivity index (χ1n) is 8.75. The number of hydrogen-bond donors (Lipinski definition) is 1. The van der Waals surface area contributed by atoms with Crippen LogP contribution in [0.4, 0.5) is 0 Å². The largest absolute Gasteiger partial charge is 0.490 e. The van der Waals surface area contributed by atoms with Gasteiger partial charge in [0, 0.05) is 17.8 Å². The van der Waals surface area contributed by atoms with Crippen molar-refractivity contribution < 1.29 is 4.74 Å². The highest BCUT2D eigenvalue weighted by atomic mass is 16.5. The summed E-state index contributed by atoms with van der Waals surface area (Å²) in [7, 11) is 0. The molecule has 3 rings (SSSR count). The second-order valence-corrected chi connectivity index (χ2v) is 6.32. The molecule has 122 valence electrons. The molecule has 1 aromatic carbocycles. The van der Waals surface area contributed by atoms with E-state index in [2.05, 4.69) is 47.6 Å². The molecule has 0 radical (unpaired) electrons. The minimum atomic E-state index is 0.501. The van der Waals surface area contributed by atoms with Gasteiger partial charge >= 0.3 is 0 Å². The molecule has 1 aromatic heterocycles. The number of unbranched alkanes of at least 4 members (excludes halogenated alkanes) is 2. The SMILES string of the molecule is CCCCCc1cccc(-c2cncc(OCC3CCN3)c2)c1. The Bertz CT molecular complexity index is 623. The van der Waals surface area contributed by atoms with Crippen molar-refractivity contribution in [3.8, 4) is 16.9 Å². The maximum Gasteiger partial charge on any atom is 0.138 e. The third kappa shape index (κ3) is 4.55. The summed E-state index contributed by atoms with van der Waals surface area (Å²) < 4.78 is 5.86. The molecule has 0 saturated carbocycles. The van der Waals surface area contributed by atoms with E-state index in [1.165, 1.54) is 36.8 Å². The fraction of sp³-hybridized carbons (Fsp3) is 0.450. The third-order valence-electron chi connectivity index (χ3n) is 4.42. The van der Waals surface area contributed by atoms with Gasteiger partial charge in [-0.25, -0.2) is 0 Å². The Kier molecular flexibility index (Phi) is 5.65. The predicted molar refractivity (Wildman–Crippen MR) is 94.8 cm³/mol. The lowest BCUT2D eigenvalue weighted by Gasteiger charge is -2.27. The van der Waals surface area contributed by atoms with Crippen molar-refractivity contribution in [3.05, 3.63) is 48.3 Å². The second kappa shape index (κ2) is 8.11. The van der Waals surface area contributed by atoms with Gasteiger partial charge in [0.15, 0.2) is 0 Å². The van der Waals surface area contributed by atoms with Crippen LogP contribution in [0.1, 0.15) is 38.2 Å². The van der Waals surface area contributed by atoms with Crippen LogP contribution in [0.3, 0.4) is 0 Å². The van der Waals surface area contributed by atoms with Gasteiger partial charge in [0.05, 0.1) is 6.20 Å². The first-order valence-corrected chi connectivity index (χ1v) is 8.75. The van der Waals surface area contributed by atoms with Gasteiger partial charge < -0.3 is 10.1 Å². The van der Waals surface area contributed by atoms with Crippen LogP contribution in [0.25, 0.3) is 11.1 Å². The molecule has 0 spiro atoms. The van der Waals surface area contributed by atoms with Crippen molar-refractivity contribution in [1.29, 1.82) is 0 Å². The Labute approximate surface area is 139 Å². The van der Waals surface area contributed by atoms with Gasteiger partial charge in [0.25, 0.3) is 0 Å². The standard InChI is InChI=1S/C20H26N2O/c1-2-3-4-6-16-7-5-8-17(11-16)18-12-20(14-21-13-18)23-15-19-9-10-22-19/h5,7-8,11-14,19,22H,2-4,6,9-10,15H2,1H3. The molecule has 1 fully saturated rings. The van der Waals surface area contributed by atoms with Crippen LogP contribution >= 0.6 is 0 Å². The molecule has 3 nitrogen and oxygen atoms in total. The monoisotopic (exact) mass is 310 g/mol. The molecule has 1 aliphatic heterocycles. The second-order valence-electron chi connectivity index (χ2n) is 6.32. The molecular formula is C20H26N2O. The molecule has 2 aromatic rings. The fourth-order valence-electron chi connectivity index (χ4n) is 2.83. The lowest BCUT2D eigenvalue weighted by molar-refractivity contribution is 0.217. The molecule has 1 unspecified atom stereocenters. The highest BCUT2D eigenvalue weighted by Gasteiger charge is 2.16. The zero-order valence-electron chi connectivity index (χ0n) is 13.9. The zero-order valence-corrected chi connectivity index (χ0v) is 13.9. The number of pyridine rings is 1. The molecule has 0 amide bonds. The molecule has 1 saturated heterocycles. The number of rotatable bonds is 8. The van der Waals surface area contributed by atoms with Gasteiger partial charge in [0.2, 0.25) is 0 Å². The number of nitrogens with zero attached hydrogens (tertiary/aromatic N) is 1. The Morgan fingerprint density at radius 2 is 2.09 bits per heavy atom. The zero-order chi connectivity index (χ0) is 15.9. The van der Waals surface area contributed by atoms with Crippen LogP contribution in [-0.4, -0.2) is 24.2 Å². The van der Waals surface area contributed by atoms with Crippen LogP contribution in [0.2, 0.25) is 0 Å². The Morgan fingerprint density at radius 1 is 1.17 bits per heavy atom. The molecule has 23 heavy (non-hydrogen) atoms. The van der Waals surface area contributed by atoms with E-state index >= 15 is 0 Å². The van der Waals surface area contributed by atoms with E-state index in [0.717, 1.165) is 30.9 Å². The summed E-state index contributed by atoms with van der Waals surface area (Å²) in [4.78, 5) is 4.34. The average molecular weight is 310 g/mol. The fourth-order valence-corrected chi connectivity index (χ4v) is 2.83. The minimum Gasteiger partial charge on any atom is -0.490 e. The van der Waals surface area contributed by atoms with Gasteiger partial charge in [-0.15, -0.1) is 0 Å². The van der Waals surface area contributed by atoms with E-state index in [1.54, 1.807) is 6.20 Å². The average Bonchev–Trinajstić information content (AvgIpc) is 2.54. The van der Waals surface area contributed by atoms with Crippen molar-refractivity contribution in [2.24, 2.45) is 0 Å². The van der Waals surface area contributed by atoms with Crippen LogP contribution in [0.5, 0.6) is 5.75 Å². The van der Waals surface area contributed by atoms with Gasteiger partial charge in [-0.1, -0.05) is 44.0 Å². The normalized spacial score (nSPS) is 16.8. The maximum absolute atomic E-state index is 5.86. The van der Waals surface area contributed by atoms with Crippen molar-refractivity contribution in [2.75, 3.05) is 13.2 Å². The van der Waals surface area contributed by atoms with E-state index in [0.29, 0.717) is 6.04 Å². The summed E-state index contributed by atoms with van der Waals surface area (Å²) in [5.74, 6) is 0.854. The Balaban J connectivity index is 1.66. The summed E-state index contributed by atoms with van der Waals surface area (Å²) in [5, 5.41) is 3.35. The van der Waals surface area contributed by atoms with Crippen molar-refractivity contribution in [2.45, 2.75) is 45.1 Å². The minimum absolute atomic E-state index is 0.501. The predicted octanol–water partition coefficient (Wildman–Crippen LogP) is 4.22. The van der Waals surface area contributed by atoms with Crippen molar-refractivity contribution >= 4 is 0 Å². The lowest BCUT2D eigenvalue weighted by Crippen LogP contribution is -2.46. The summed E-state index contributed by atoms with van der Waals surface area (Å²) >= 11 is 0. The molecule has 2 heterocycles. The molecule has 0 bridgehead atoms. The van der Waals surface area contributed by atoms with Gasteiger partial charge in [-0.2, -0.15) is 0 Å². The summed E-state index contributed by atoms with van der Waals surface area (Å²) in [6, 6.07) is 11.4. The molecule has 1 atom stereocenters. The van der Waals surface area contributed by atoms with Crippen LogP contribution in [0, 0.1) is 0 Å². The number of benzene rings is 1. The number of ether oxygens (including phenoxy) is 1. The highest BCUT2D eigenvalue weighted by molar-refractivity contribution is 5.64. The smallest absolute Gasteiger partial charge is 0.138 e. The third-order valence-corrected chi connectivity index (χ3v) is 4.42. The number of aromatic nitrogens is 1. The number of aryl methyl sites for hydroxylation is 1. The van der Waals surface area contributed by atoms with Crippen LogP contribution < -0.4 is 10.1 Å². The molecule has 1 aliphatic rings. The molecule has 0 aliphatic carbocycles. The Hall–Kier alpha value is -1.87. The van der Waals surface area contributed by atoms with Gasteiger partial charge in [-0.05, 0) is 43.0 Å². The summed E-state index contributed by atoms with van der Waals surface area (Å²) in [6.07, 6.45) is 9.89. The molecular weight excluding hydrogens is 284 g/mol. The van der Waals surface area contributed by atoms with Crippen LogP contribution in [-0.2, 0) is 6.42 Å². The lowest BCUT2D eigenvalue weighted by atomic mass is 10.0.